The van der Waals surface area contributed by atoms with Crippen LogP contribution in [0.25, 0.3) is 11.2 Å². The van der Waals surface area contributed by atoms with E-state index in [-0.39, 0.29) is 11.9 Å². The Bertz CT molecular complexity index is 1520. The van der Waals surface area contributed by atoms with Gasteiger partial charge in [0.15, 0.2) is 17.0 Å². The number of imidazole rings is 1. The summed E-state index contributed by atoms with van der Waals surface area (Å²) in [5.74, 6) is 2.53. The van der Waals surface area contributed by atoms with Gasteiger partial charge < -0.3 is 25.1 Å². The van der Waals surface area contributed by atoms with Crippen molar-refractivity contribution in [3.8, 4) is 17.5 Å². The molecule has 1 saturated carbocycles. The number of nitrogen functional groups attached to an aromatic ring is 1. The summed E-state index contributed by atoms with van der Waals surface area (Å²) in [6, 6.07) is 14.1. The van der Waals surface area contributed by atoms with E-state index in [1.54, 1.807) is 0 Å². The predicted molar refractivity (Wildman–Crippen MR) is 145 cm³/mol. The van der Waals surface area contributed by atoms with Crippen molar-refractivity contribution in [2.75, 3.05) is 12.3 Å². The largest absolute Gasteiger partial charge is 0.463 e. The summed E-state index contributed by atoms with van der Waals surface area (Å²) in [5.41, 5.74) is 10.2. The molecule has 4 aromatic rings. The van der Waals surface area contributed by atoms with Crippen molar-refractivity contribution >= 4 is 22.9 Å². The number of allylic oxidation sites excluding steroid dienone is 1. The van der Waals surface area contributed by atoms with E-state index in [4.69, 9.17) is 15.2 Å². The van der Waals surface area contributed by atoms with Crippen LogP contribution in [0.15, 0.2) is 54.6 Å². The number of amides is 1. The zero-order chi connectivity index (χ0) is 26.1. The molecular weight excluding hydrogens is 480 g/mol. The van der Waals surface area contributed by atoms with Crippen LogP contribution in [0.4, 0.5) is 5.82 Å². The van der Waals surface area contributed by atoms with Gasteiger partial charge in [0, 0.05) is 11.6 Å². The highest BCUT2D eigenvalue weighted by atomic mass is 16.5. The van der Waals surface area contributed by atoms with Crippen molar-refractivity contribution in [2.24, 2.45) is 0 Å². The van der Waals surface area contributed by atoms with Crippen molar-refractivity contribution in [3.63, 3.8) is 0 Å². The maximum Gasteiger partial charge on any atom is 0.320 e. The van der Waals surface area contributed by atoms with E-state index >= 15 is 0 Å². The molecule has 0 atom stereocenters. The van der Waals surface area contributed by atoms with Crippen LogP contribution in [0.1, 0.15) is 53.0 Å². The molecule has 2 aromatic heterocycles. The number of nitrogens with two attached hydrogens (primary N) is 1. The summed E-state index contributed by atoms with van der Waals surface area (Å²) in [6.07, 6.45) is 8.91. The first kappa shape index (κ1) is 24.0. The van der Waals surface area contributed by atoms with Crippen molar-refractivity contribution in [2.45, 2.75) is 51.6 Å². The van der Waals surface area contributed by atoms with E-state index < -0.39 is 0 Å². The number of fused-ring (bicyclic) bond motifs is 3. The van der Waals surface area contributed by atoms with Gasteiger partial charge in [-0.05, 0) is 86.6 Å². The summed E-state index contributed by atoms with van der Waals surface area (Å²) in [6.45, 7) is 2.95. The Labute approximate surface area is 220 Å². The van der Waals surface area contributed by atoms with Crippen LogP contribution < -0.4 is 20.5 Å². The van der Waals surface area contributed by atoms with Gasteiger partial charge in [0.2, 0.25) is 0 Å². The molecule has 9 nitrogen and oxygen atoms in total. The average molecular weight is 511 g/mol. The number of hydrogen-bond acceptors (Lipinski definition) is 7. The molecule has 194 valence electrons. The van der Waals surface area contributed by atoms with Crippen LogP contribution in [0.3, 0.4) is 0 Å². The number of rotatable bonds is 4. The van der Waals surface area contributed by atoms with Crippen molar-refractivity contribution in [1.29, 1.82) is 0 Å². The molecular formula is C29H30N6O3. The van der Waals surface area contributed by atoms with Crippen LogP contribution in [0.5, 0.6) is 17.5 Å². The van der Waals surface area contributed by atoms with Crippen LogP contribution in [-0.4, -0.2) is 38.1 Å². The summed E-state index contributed by atoms with van der Waals surface area (Å²) >= 11 is 0. The Morgan fingerprint density at radius 2 is 1.95 bits per heavy atom. The number of carbonyl (C=O) groups is 1. The number of hydrogen-bond donors (Lipinski definition) is 2. The smallest absolute Gasteiger partial charge is 0.320 e. The maximum absolute atomic E-state index is 12.4. The molecule has 4 bridgehead atoms. The summed E-state index contributed by atoms with van der Waals surface area (Å²) in [7, 11) is 0. The lowest BCUT2D eigenvalue weighted by Crippen LogP contribution is -2.39. The van der Waals surface area contributed by atoms with Gasteiger partial charge >= 0.3 is 6.01 Å². The molecule has 1 aliphatic carbocycles. The fourth-order valence-corrected chi connectivity index (χ4v) is 4.71. The quantitative estimate of drug-likeness (QED) is 0.382. The molecule has 0 spiro atoms. The van der Waals surface area contributed by atoms with Crippen LogP contribution in [0, 0.1) is 6.92 Å². The molecule has 9 heteroatoms. The van der Waals surface area contributed by atoms with Crippen LogP contribution in [0.2, 0.25) is 0 Å². The number of aryl methyl sites for hydroxylation is 1. The highest BCUT2D eigenvalue weighted by Gasteiger charge is 2.20. The van der Waals surface area contributed by atoms with Gasteiger partial charge in [-0.1, -0.05) is 18.2 Å². The van der Waals surface area contributed by atoms with Gasteiger partial charge in [-0.25, -0.2) is 4.98 Å². The van der Waals surface area contributed by atoms with Crippen molar-refractivity contribution in [1.82, 2.24) is 24.8 Å². The summed E-state index contributed by atoms with van der Waals surface area (Å²) in [5, 5.41) is 3.07. The Balaban J connectivity index is 1.27. The minimum absolute atomic E-state index is 0.0324. The molecule has 38 heavy (non-hydrogen) atoms. The fraction of sp³-hybridized carbons (Fsp3) is 0.310. The van der Waals surface area contributed by atoms with E-state index in [2.05, 4.69) is 38.5 Å². The SMILES string of the molecule is Cc1nc2c(N)nc3nc2n1Cc1ccc(Oc2ccc(C(=O)NC4CCC4)cc2)c(c1)C/C=C\CCO3. The third-order valence-corrected chi connectivity index (χ3v) is 7.06. The lowest BCUT2D eigenvalue weighted by atomic mass is 9.93. The van der Waals surface area contributed by atoms with Crippen molar-refractivity contribution < 1.29 is 14.3 Å². The molecule has 0 saturated heterocycles. The van der Waals surface area contributed by atoms with E-state index in [9.17, 15) is 4.79 Å². The Kier molecular flexibility index (Phi) is 6.41. The third kappa shape index (κ3) is 4.91. The van der Waals surface area contributed by atoms with Gasteiger partial charge in [-0.3, -0.25) is 4.79 Å². The zero-order valence-electron chi connectivity index (χ0n) is 21.3. The number of nitrogens with zero attached hydrogens (tertiary/aromatic N) is 4. The summed E-state index contributed by atoms with van der Waals surface area (Å²) in [4.78, 5) is 25.9. The third-order valence-electron chi connectivity index (χ3n) is 7.06. The number of benzene rings is 2. The second kappa shape index (κ2) is 10.2. The second-order valence-corrected chi connectivity index (χ2v) is 9.79. The first-order valence-electron chi connectivity index (χ1n) is 13.0. The van der Waals surface area contributed by atoms with Crippen LogP contribution >= 0.6 is 0 Å². The minimum atomic E-state index is -0.0324. The first-order chi connectivity index (χ1) is 18.5. The van der Waals surface area contributed by atoms with E-state index in [1.807, 2.05) is 47.9 Å². The standard InChI is InChI=1S/C29H30N6O3/c1-18-31-25-26(30)33-29-34-27(25)35(18)17-19-9-14-24(21(16-19)6-3-2-4-15-37-29)38-23-12-10-20(11-13-23)28(36)32-22-7-5-8-22/h2-3,9-14,16,22H,4-8,15,17H2,1H3,(H,32,36)(H2,30,33,34)/b3-2-. The molecule has 6 rings (SSSR count). The lowest BCUT2D eigenvalue weighted by Gasteiger charge is -2.26. The molecule has 2 aliphatic rings. The van der Waals surface area contributed by atoms with Gasteiger partial charge in [-0.2, -0.15) is 9.97 Å². The highest BCUT2D eigenvalue weighted by Crippen LogP contribution is 2.29. The molecule has 3 N–H and O–H groups in total. The molecule has 2 aromatic carbocycles. The first-order valence-corrected chi connectivity index (χ1v) is 13.0. The van der Waals surface area contributed by atoms with Gasteiger partial charge in [-0.15, -0.1) is 0 Å². The molecule has 0 radical (unpaired) electrons. The zero-order valence-corrected chi connectivity index (χ0v) is 21.3. The maximum atomic E-state index is 12.4. The Morgan fingerprint density at radius 1 is 1.11 bits per heavy atom. The second-order valence-electron chi connectivity index (χ2n) is 9.79. The van der Waals surface area contributed by atoms with Gasteiger partial charge in [0.05, 0.1) is 13.2 Å². The predicted octanol–water partition coefficient (Wildman–Crippen LogP) is 4.72. The number of ether oxygens (including phenoxy) is 2. The number of nitrogens with one attached hydrogen (secondary N) is 1. The monoisotopic (exact) mass is 510 g/mol. The fourth-order valence-electron chi connectivity index (χ4n) is 4.71. The summed E-state index contributed by atoms with van der Waals surface area (Å²) < 4.78 is 14.1. The number of aromatic nitrogens is 4. The van der Waals surface area contributed by atoms with E-state index in [0.717, 1.165) is 35.5 Å². The molecule has 1 aliphatic heterocycles. The topological polar surface area (TPSA) is 117 Å². The lowest BCUT2D eigenvalue weighted by molar-refractivity contribution is 0.0917. The molecule has 0 unspecified atom stereocenters. The molecule has 3 heterocycles. The minimum Gasteiger partial charge on any atom is -0.463 e. The highest BCUT2D eigenvalue weighted by molar-refractivity contribution is 5.94. The van der Waals surface area contributed by atoms with Crippen molar-refractivity contribution in [3.05, 3.63) is 77.1 Å². The van der Waals surface area contributed by atoms with E-state index in [1.165, 1.54) is 6.42 Å². The van der Waals surface area contributed by atoms with Gasteiger partial charge in [0.1, 0.15) is 17.3 Å². The average Bonchev–Trinajstić information content (AvgIpc) is 3.20. The normalized spacial score (nSPS) is 16.3. The van der Waals surface area contributed by atoms with Gasteiger partial charge in [0.25, 0.3) is 5.91 Å². The van der Waals surface area contributed by atoms with Crippen LogP contribution in [-0.2, 0) is 13.0 Å². The van der Waals surface area contributed by atoms with E-state index in [0.29, 0.717) is 60.3 Å². The Morgan fingerprint density at radius 3 is 2.74 bits per heavy atom. The number of anilines is 1. The molecule has 1 amide bonds. The molecule has 1 fully saturated rings. The Hall–Kier alpha value is -4.40. The number of carbonyl (C=O) groups excluding carboxylic acids is 1.